The fraction of sp³-hybridized carbons (Fsp3) is 0.370. The van der Waals surface area contributed by atoms with Gasteiger partial charge in [-0.2, -0.15) is 4.80 Å². The standard InChI is InChI=1S/C27H30N6O5/c1-17-12-14-22(37-17)25(27(35)28-19-8-4-5-9-19)33(20-10-6-7-11-21(20)36-3)24(34)16-32-30-26(29-31-32)23-15-13-18(2)38-23/h6-7,10-15,19,25H,4-5,8-9,16H2,1-3H3,(H,28,35)/t25-/m1/s1. The molecular formula is C27H30N6O5. The van der Waals surface area contributed by atoms with Crippen molar-refractivity contribution >= 4 is 17.5 Å². The van der Waals surface area contributed by atoms with Crippen molar-refractivity contribution in [2.45, 2.75) is 58.2 Å². The molecule has 0 saturated heterocycles. The van der Waals surface area contributed by atoms with Crippen LogP contribution in [0.1, 0.15) is 49.0 Å². The average Bonchev–Trinajstić information content (AvgIpc) is 3.72. The number of carbonyl (C=O) groups is 2. The zero-order valence-electron chi connectivity index (χ0n) is 21.6. The SMILES string of the molecule is COc1ccccc1N(C(=O)Cn1nnc(-c2ccc(C)o2)n1)[C@@H](C(=O)NC1CCCC1)c1ccc(C)o1. The number of carbonyl (C=O) groups excluding carboxylic acids is 2. The Balaban J connectivity index is 1.52. The first-order valence-corrected chi connectivity index (χ1v) is 12.6. The first-order chi connectivity index (χ1) is 18.4. The largest absolute Gasteiger partial charge is 0.495 e. The number of nitrogens with zero attached hydrogens (tertiary/aromatic N) is 5. The van der Waals surface area contributed by atoms with Gasteiger partial charge in [-0.05, 0) is 68.3 Å². The summed E-state index contributed by atoms with van der Waals surface area (Å²) in [5.41, 5.74) is 0.419. The van der Waals surface area contributed by atoms with Crippen LogP contribution < -0.4 is 15.0 Å². The van der Waals surface area contributed by atoms with Crippen LogP contribution >= 0.6 is 0 Å². The number of benzene rings is 1. The second-order valence-electron chi connectivity index (χ2n) is 9.33. The van der Waals surface area contributed by atoms with Gasteiger partial charge in [0.25, 0.3) is 11.8 Å². The van der Waals surface area contributed by atoms with Crippen LogP contribution in [0.2, 0.25) is 0 Å². The lowest BCUT2D eigenvalue weighted by Gasteiger charge is -2.31. The summed E-state index contributed by atoms with van der Waals surface area (Å²) in [5.74, 6) is 2.03. The summed E-state index contributed by atoms with van der Waals surface area (Å²) < 4.78 is 17.1. The molecule has 1 aliphatic carbocycles. The number of ether oxygens (including phenoxy) is 1. The quantitative estimate of drug-likeness (QED) is 0.352. The van der Waals surface area contributed by atoms with Crippen molar-refractivity contribution in [3.05, 3.63) is 65.8 Å². The highest BCUT2D eigenvalue weighted by molar-refractivity contribution is 6.02. The monoisotopic (exact) mass is 518 g/mol. The summed E-state index contributed by atoms with van der Waals surface area (Å²) in [6, 6.07) is 13.0. The van der Waals surface area contributed by atoms with E-state index >= 15 is 0 Å². The van der Waals surface area contributed by atoms with Crippen molar-refractivity contribution in [3.8, 4) is 17.3 Å². The highest BCUT2D eigenvalue weighted by Crippen LogP contribution is 2.36. The van der Waals surface area contributed by atoms with Gasteiger partial charge in [0.2, 0.25) is 5.82 Å². The molecule has 1 aromatic carbocycles. The number of furan rings is 2. The van der Waals surface area contributed by atoms with E-state index in [-0.39, 0.29) is 24.3 Å². The predicted octanol–water partition coefficient (Wildman–Crippen LogP) is 3.98. The Bertz CT molecular complexity index is 1420. The summed E-state index contributed by atoms with van der Waals surface area (Å²) in [6.07, 6.45) is 3.91. The Kier molecular flexibility index (Phi) is 7.25. The van der Waals surface area contributed by atoms with E-state index in [4.69, 9.17) is 13.6 Å². The molecule has 11 heteroatoms. The molecule has 0 bridgehead atoms. The molecule has 3 aromatic heterocycles. The predicted molar refractivity (Wildman–Crippen MR) is 137 cm³/mol. The third-order valence-corrected chi connectivity index (χ3v) is 6.54. The van der Waals surface area contributed by atoms with Gasteiger partial charge in [0, 0.05) is 6.04 Å². The van der Waals surface area contributed by atoms with Gasteiger partial charge in [0.1, 0.15) is 29.6 Å². The van der Waals surface area contributed by atoms with Crippen molar-refractivity contribution in [3.63, 3.8) is 0 Å². The second-order valence-corrected chi connectivity index (χ2v) is 9.33. The van der Waals surface area contributed by atoms with E-state index in [9.17, 15) is 9.59 Å². The molecule has 11 nitrogen and oxygen atoms in total. The topological polar surface area (TPSA) is 129 Å². The Morgan fingerprint density at radius 3 is 2.50 bits per heavy atom. The maximum atomic E-state index is 14.0. The van der Waals surface area contributed by atoms with Crippen LogP contribution in [0.25, 0.3) is 11.6 Å². The van der Waals surface area contributed by atoms with E-state index in [2.05, 4.69) is 20.7 Å². The van der Waals surface area contributed by atoms with Crippen molar-refractivity contribution in [1.82, 2.24) is 25.5 Å². The number of tetrazole rings is 1. The van der Waals surface area contributed by atoms with Crippen LogP contribution in [-0.4, -0.2) is 45.2 Å². The van der Waals surface area contributed by atoms with Crippen LogP contribution in [0.15, 0.2) is 57.4 Å². The van der Waals surface area contributed by atoms with E-state index in [1.54, 1.807) is 55.5 Å². The molecule has 1 atom stereocenters. The van der Waals surface area contributed by atoms with Gasteiger partial charge < -0.3 is 18.9 Å². The lowest BCUT2D eigenvalue weighted by Crippen LogP contribution is -2.47. The van der Waals surface area contributed by atoms with E-state index < -0.39 is 11.9 Å². The molecule has 0 aliphatic heterocycles. The molecule has 0 radical (unpaired) electrons. The van der Waals surface area contributed by atoms with Crippen LogP contribution in [0, 0.1) is 13.8 Å². The number of aromatic nitrogens is 4. The summed E-state index contributed by atoms with van der Waals surface area (Å²) in [7, 11) is 1.52. The third-order valence-electron chi connectivity index (χ3n) is 6.54. The fourth-order valence-electron chi connectivity index (χ4n) is 4.73. The lowest BCUT2D eigenvalue weighted by molar-refractivity contribution is -0.128. The van der Waals surface area contributed by atoms with Crippen LogP contribution in [0.5, 0.6) is 5.75 Å². The number of hydrogen-bond donors (Lipinski definition) is 1. The Hall–Kier alpha value is -4.41. The zero-order chi connectivity index (χ0) is 26.6. The summed E-state index contributed by atoms with van der Waals surface area (Å²) in [5, 5.41) is 15.5. The number of anilines is 1. The van der Waals surface area contributed by atoms with Gasteiger partial charge in [-0.15, -0.1) is 10.2 Å². The molecule has 0 spiro atoms. The minimum atomic E-state index is -1.08. The minimum Gasteiger partial charge on any atom is -0.495 e. The number of rotatable bonds is 9. The van der Waals surface area contributed by atoms with Crippen LogP contribution in [-0.2, 0) is 16.1 Å². The second kappa shape index (κ2) is 10.9. The molecule has 1 saturated carbocycles. The number of aryl methyl sites for hydroxylation is 2. The highest BCUT2D eigenvalue weighted by atomic mass is 16.5. The maximum absolute atomic E-state index is 14.0. The maximum Gasteiger partial charge on any atom is 0.251 e. The van der Waals surface area contributed by atoms with Gasteiger partial charge in [-0.25, -0.2) is 0 Å². The van der Waals surface area contributed by atoms with E-state index in [0.717, 1.165) is 25.7 Å². The summed E-state index contributed by atoms with van der Waals surface area (Å²) in [6.45, 7) is 3.33. The number of nitrogens with one attached hydrogen (secondary N) is 1. The van der Waals surface area contributed by atoms with Crippen molar-refractivity contribution < 1.29 is 23.2 Å². The van der Waals surface area contributed by atoms with Crippen molar-refractivity contribution in [2.24, 2.45) is 0 Å². The normalized spacial score (nSPS) is 14.4. The summed E-state index contributed by atoms with van der Waals surface area (Å²) in [4.78, 5) is 30.4. The van der Waals surface area contributed by atoms with E-state index in [1.807, 2.05) is 6.92 Å². The van der Waals surface area contributed by atoms with Gasteiger partial charge >= 0.3 is 0 Å². The zero-order valence-corrected chi connectivity index (χ0v) is 21.6. The van der Waals surface area contributed by atoms with Crippen molar-refractivity contribution in [1.29, 1.82) is 0 Å². The Labute approximate surface area is 219 Å². The van der Waals surface area contributed by atoms with Gasteiger partial charge in [-0.3, -0.25) is 14.5 Å². The number of methoxy groups -OCH3 is 1. The number of hydrogen-bond acceptors (Lipinski definition) is 8. The Morgan fingerprint density at radius 2 is 1.82 bits per heavy atom. The first kappa shape index (κ1) is 25.2. The van der Waals surface area contributed by atoms with E-state index in [0.29, 0.717) is 34.5 Å². The lowest BCUT2D eigenvalue weighted by atomic mass is 10.1. The molecule has 1 fully saturated rings. The average molecular weight is 519 g/mol. The highest BCUT2D eigenvalue weighted by Gasteiger charge is 2.38. The minimum absolute atomic E-state index is 0.0481. The van der Waals surface area contributed by atoms with Crippen LogP contribution in [0.4, 0.5) is 5.69 Å². The van der Waals surface area contributed by atoms with E-state index in [1.165, 1.54) is 16.8 Å². The number of amides is 2. The first-order valence-electron chi connectivity index (χ1n) is 12.6. The molecule has 0 unspecified atom stereocenters. The summed E-state index contributed by atoms with van der Waals surface area (Å²) >= 11 is 0. The molecule has 198 valence electrons. The molecule has 38 heavy (non-hydrogen) atoms. The van der Waals surface area contributed by atoms with Gasteiger partial charge in [0.15, 0.2) is 11.8 Å². The number of para-hydroxylation sites is 2. The molecule has 1 N–H and O–H groups in total. The molecule has 2 amide bonds. The fourth-order valence-corrected chi connectivity index (χ4v) is 4.73. The van der Waals surface area contributed by atoms with Crippen LogP contribution in [0.3, 0.4) is 0 Å². The molecule has 4 aromatic rings. The molecule has 1 aliphatic rings. The van der Waals surface area contributed by atoms with Crippen molar-refractivity contribution in [2.75, 3.05) is 12.0 Å². The smallest absolute Gasteiger partial charge is 0.251 e. The molecule has 3 heterocycles. The molecule has 5 rings (SSSR count). The molecular weight excluding hydrogens is 488 g/mol. The van der Waals surface area contributed by atoms with Gasteiger partial charge in [0.05, 0.1) is 12.8 Å². The van der Waals surface area contributed by atoms with Gasteiger partial charge in [-0.1, -0.05) is 25.0 Å². The Morgan fingerprint density at radius 1 is 1.08 bits per heavy atom. The third kappa shape index (κ3) is 5.31.